The van der Waals surface area contributed by atoms with Crippen molar-refractivity contribution in [3.05, 3.63) is 24.1 Å². The number of carbonyl (C=O) groups excluding carboxylic acids is 1. The fourth-order valence-corrected chi connectivity index (χ4v) is 3.07. The summed E-state index contributed by atoms with van der Waals surface area (Å²) in [4.78, 5) is 16.2. The molecule has 0 unspecified atom stereocenters. The predicted octanol–water partition coefficient (Wildman–Crippen LogP) is 4.40. The smallest absolute Gasteiger partial charge is 0.311 e. The van der Waals surface area contributed by atoms with Crippen LogP contribution in [0, 0.1) is 12.8 Å². The first-order valence-electron chi connectivity index (χ1n) is 7.78. The van der Waals surface area contributed by atoms with Crippen LogP contribution < -0.4 is 4.74 Å². The standard InChI is InChI=1S/C17H21NO3/c1-12-18-15-11-14(8-9-16(15)20-12)21-17(19)10-7-13-5-3-2-4-6-13/h8-9,11,13H,2-7,10H2,1H3. The lowest BCUT2D eigenvalue weighted by atomic mass is 9.86. The van der Waals surface area contributed by atoms with Gasteiger partial charge in [0.25, 0.3) is 0 Å². The molecular weight excluding hydrogens is 266 g/mol. The number of oxazole rings is 1. The van der Waals surface area contributed by atoms with Gasteiger partial charge in [0, 0.05) is 19.4 Å². The van der Waals surface area contributed by atoms with Crippen molar-refractivity contribution < 1.29 is 13.9 Å². The largest absolute Gasteiger partial charge is 0.441 e. The second-order valence-corrected chi connectivity index (χ2v) is 5.88. The second kappa shape index (κ2) is 6.29. The van der Waals surface area contributed by atoms with E-state index in [0.717, 1.165) is 17.5 Å². The summed E-state index contributed by atoms with van der Waals surface area (Å²) in [5, 5.41) is 0. The average Bonchev–Trinajstić information content (AvgIpc) is 2.85. The van der Waals surface area contributed by atoms with Gasteiger partial charge in [-0.05, 0) is 24.5 Å². The first kappa shape index (κ1) is 14.1. The Morgan fingerprint density at radius 3 is 2.95 bits per heavy atom. The Morgan fingerprint density at radius 1 is 1.33 bits per heavy atom. The van der Waals surface area contributed by atoms with Gasteiger partial charge in [-0.15, -0.1) is 0 Å². The van der Waals surface area contributed by atoms with E-state index < -0.39 is 0 Å². The quantitative estimate of drug-likeness (QED) is 0.617. The van der Waals surface area contributed by atoms with Gasteiger partial charge in [-0.1, -0.05) is 32.1 Å². The number of aromatic nitrogens is 1. The number of hydrogen-bond donors (Lipinski definition) is 0. The summed E-state index contributed by atoms with van der Waals surface area (Å²) in [7, 11) is 0. The Labute approximate surface area is 124 Å². The topological polar surface area (TPSA) is 52.3 Å². The number of fused-ring (bicyclic) bond motifs is 1. The second-order valence-electron chi connectivity index (χ2n) is 5.88. The molecular formula is C17H21NO3. The van der Waals surface area contributed by atoms with E-state index in [1.54, 1.807) is 25.1 Å². The molecule has 0 spiro atoms. The van der Waals surface area contributed by atoms with Crippen molar-refractivity contribution in [2.75, 3.05) is 0 Å². The van der Waals surface area contributed by atoms with Gasteiger partial charge < -0.3 is 9.15 Å². The van der Waals surface area contributed by atoms with Crippen LogP contribution in [0.15, 0.2) is 22.6 Å². The van der Waals surface area contributed by atoms with Gasteiger partial charge in [0.1, 0.15) is 11.3 Å². The summed E-state index contributed by atoms with van der Waals surface area (Å²) in [6.45, 7) is 1.80. The van der Waals surface area contributed by atoms with Gasteiger partial charge >= 0.3 is 5.97 Å². The number of hydrogen-bond acceptors (Lipinski definition) is 4. The van der Waals surface area contributed by atoms with Crippen molar-refractivity contribution in [1.29, 1.82) is 0 Å². The fourth-order valence-electron chi connectivity index (χ4n) is 3.07. The molecule has 0 atom stereocenters. The lowest BCUT2D eigenvalue weighted by Gasteiger charge is -2.20. The Hall–Kier alpha value is -1.84. The molecule has 0 N–H and O–H groups in total. The molecule has 4 heteroatoms. The minimum atomic E-state index is -0.153. The number of benzene rings is 1. The maximum atomic E-state index is 11.9. The lowest BCUT2D eigenvalue weighted by Crippen LogP contribution is -2.12. The maximum Gasteiger partial charge on any atom is 0.311 e. The highest BCUT2D eigenvalue weighted by Gasteiger charge is 2.16. The Balaban J connectivity index is 1.55. The Kier molecular flexibility index (Phi) is 4.23. The minimum absolute atomic E-state index is 0.153. The number of ether oxygens (including phenoxy) is 1. The van der Waals surface area contributed by atoms with E-state index in [0.29, 0.717) is 24.0 Å². The van der Waals surface area contributed by atoms with Gasteiger partial charge in [-0.25, -0.2) is 4.98 Å². The van der Waals surface area contributed by atoms with E-state index in [1.807, 2.05) is 0 Å². The van der Waals surface area contributed by atoms with Crippen LogP contribution in [0.25, 0.3) is 11.1 Å². The van der Waals surface area contributed by atoms with Crippen LogP contribution >= 0.6 is 0 Å². The normalized spacial score (nSPS) is 16.2. The molecule has 0 aliphatic heterocycles. The maximum absolute atomic E-state index is 11.9. The number of esters is 1. The van der Waals surface area contributed by atoms with E-state index in [2.05, 4.69) is 4.98 Å². The highest BCUT2D eigenvalue weighted by molar-refractivity contribution is 5.77. The molecule has 21 heavy (non-hydrogen) atoms. The summed E-state index contributed by atoms with van der Waals surface area (Å²) >= 11 is 0. The zero-order valence-electron chi connectivity index (χ0n) is 12.4. The van der Waals surface area contributed by atoms with Crippen molar-refractivity contribution in [3.63, 3.8) is 0 Å². The van der Waals surface area contributed by atoms with Crippen LogP contribution in [0.4, 0.5) is 0 Å². The fraction of sp³-hybridized carbons (Fsp3) is 0.529. The highest BCUT2D eigenvalue weighted by Crippen LogP contribution is 2.28. The van der Waals surface area contributed by atoms with E-state index in [4.69, 9.17) is 9.15 Å². The van der Waals surface area contributed by atoms with E-state index >= 15 is 0 Å². The first-order chi connectivity index (χ1) is 10.2. The van der Waals surface area contributed by atoms with Gasteiger partial charge in [-0.3, -0.25) is 4.79 Å². The Bertz CT molecular complexity index is 626. The molecule has 0 bridgehead atoms. The van der Waals surface area contributed by atoms with E-state index in [-0.39, 0.29) is 5.97 Å². The van der Waals surface area contributed by atoms with Gasteiger partial charge in [-0.2, -0.15) is 0 Å². The minimum Gasteiger partial charge on any atom is -0.441 e. The summed E-state index contributed by atoms with van der Waals surface area (Å²) in [6, 6.07) is 5.30. The van der Waals surface area contributed by atoms with Crippen molar-refractivity contribution in [2.24, 2.45) is 5.92 Å². The van der Waals surface area contributed by atoms with Crippen molar-refractivity contribution in [1.82, 2.24) is 4.98 Å². The molecule has 3 rings (SSSR count). The van der Waals surface area contributed by atoms with Gasteiger partial charge in [0.05, 0.1) is 0 Å². The van der Waals surface area contributed by atoms with Crippen LogP contribution in [-0.4, -0.2) is 11.0 Å². The van der Waals surface area contributed by atoms with Crippen LogP contribution in [0.5, 0.6) is 5.75 Å². The molecule has 1 saturated carbocycles. The molecule has 1 heterocycles. The molecule has 1 aliphatic rings. The number of rotatable bonds is 4. The van der Waals surface area contributed by atoms with E-state index in [1.165, 1.54) is 32.1 Å². The lowest BCUT2D eigenvalue weighted by molar-refractivity contribution is -0.134. The molecule has 1 aliphatic carbocycles. The van der Waals surface area contributed by atoms with Crippen LogP contribution in [0.1, 0.15) is 50.8 Å². The van der Waals surface area contributed by atoms with Crippen molar-refractivity contribution in [2.45, 2.75) is 51.9 Å². The Morgan fingerprint density at radius 2 is 2.14 bits per heavy atom. The van der Waals surface area contributed by atoms with E-state index in [9.17, 15) is 4.79 Å². The summed E-state index contributed by atoms with van der Waals surface area (Å²) in [5.41, 5.74) is 1.44. The molecule has 1 fully saturated rings. The SMILES string of the molecule is Cc1nc2cc(OC(=O)CCC3CCCCC3)ccc2o1. The third-order valence-corrected chi connectivity index (χ3v) is 4.18. The number of carbonyl (C=O) groups is 1. The molecule has 0 saturated heterocycles. The molecule has 0 amide bonds. The summed E-state index contributed by atoms with van der Waals surface area (Å²) < 4.78 is 10.8. The van der Waals surface area contributed by atoms with Crippen LogP contribution in [-0.2, 0) is 4.79 Å². The highest BCUT2D eigenvalue weighted by atomic mass is 16.5. The van der Waals surface area contributed by atoms with Crippen LogP contribution in [0.2, 0.25) is 0 Å². The first-order valence-corrected chi connectivity index (χ1v) is 7.78. The van der Waals surface area contributed by atoms with Crippen molar-refractivity contribution in [3.8, 4) is 5.75 Å². The summed E-state index contributed by atoms with van der Waals surface area (Å²) in [5.74, 6) is 1.71. The third-order valence-electron chi connectivity index (χ3n) is 4.18. The van der Waals surface area contributed by atoms with Gasteiger partial charge in [0.2, 0.25) is 0 Å². The van der Waals surface area contributed by atoms with Crippen LogP contribution in [0.3, 0.4) is 0 Å². The zero-order chi connectivity index (χ0) is 14.7. The summed E-state index contributed by atoms with van der Waals surface area (Å²) in [6.07, 6.45) is 7.93. The monoisotopic (exact) mass is 287 g/mol. The molecule has 0 radical (unpaired) electrons. The van der Waals surface area contributed by atoms with Crippen molar-refractivity contribution >= 4 is 17.1 Å². The molecule has 2 aromatic rings. The number of nitrogens with zero attached hydrogens (tertiary/aromatic N) is 1. The molecule has 1 aromatic carbocycles. The predicted molar refractivity (Wildman–Crippen MR) is 80.2 cm³/mol. The molecule has 112 valence electrons. The van der Waals surface area contributed by atoms with Gasteiger partial charge in [0.15, 0.2) is 11.5 Å². The average molecular weight is 287 g/mol. The molecule has 4 nitrogen and oxygen atoms in total. The zero-order valence-corrected chi connectivity index (χ0v) is 12.4. The third kappa shape index (κ3) is 3.63. The molecule has 1 aromatic heterocycles. The number of aryl methyl sites for hydroxylation is 1.